The zero-order valence-electron chi connectivity index (χ0n) is 19.4. The molecule has 1 N–H and O–H groups in total. The average molecular weight is 512 g/mol. The number of amides is 1. The van der Waals surface area contributed by atoms with Crippen molar-refractivity contribution in [1.29, 1.82) is 0 Å². The van der Waals surface area contributed by atoms with Gasteiger partial charge in [-0.2, -0.15) is 0 Å². The third-order valence-electron chi connectivity index (χ3n) is 5.86. The van der Waals surface area contributed by atoms with Crippen molar-refractivity contribution in [1.82, 2.24) is 20.1 Å². The Balaban J connectivity index is 1.18. The second-order valence-electron chi connectivity index (χ2n) is 8.57. The number of nitrogens with zero attached hydrogens (tertiary/aromatic N) is 3. The molecule has 1 amide bonds. The van der Waals surface area contributed by atoms with E-state index in [0.717, 1.165) is 17.5 Å². The summed E-state index contributed by atoms with van der Waals surface area (Å²) in [7, 11) is 0. The van der Waals surface area contributed by atoms with Crippen molar-refractivity contribution in [2.75, 3.05) is 0 Å². The second kappa shape index (κ2) is 9.57. The lowest BCUT2D eigenvalue weighted by Crippen LogP contribution is -2.29. The normalized spacial score (nSPS) is 16.8. The summed E-state index contributed by atoms with van der Waals surface area (Å²) in [6.45, 7) is 1.66. The summed E-state index contributed by atoms with van der Waals surface area (Å²) in [5, 5.41) is 7.22. The van der Waals surface area contributed by atoms with Gasteiger partial charge in [-0.15, -0.1) is 18.3 Å². The number of carbonyl (C=O) groups is 1. The van der Waals surface area contributed by atoms with Crippen molar-refractivity contribution in [2.24, 2.45) is 0 Å². The number of ether oxygens (including phenoxy) is 2. The van der Waals surface area contributed by atoms with Crippen LogP contribution in [-0.4, -0.2) is 33.3 Å². The van der Waals surface area contributed by atoms with E-state index in [-0.39, 0.29) is 17.7 Å². The van der Waals surface area contributed by atoms with Crippen LogP contribution in [0.15, 0.2) is 73.1 Å². The molecule has 2 atom stereocenters. The maximum absolute atomic E-state index is 13.2. The van der Waals surface area contributed by atoms with Gasteiger partial charge in [0.2, 0.25) is 0 Å². The second-order valence-corrected chi connectivity index (χ2v) is 8.57. The Morgan fingerprint density at radius 1 is 1.05 bits per heavy atom. The zero-order chi connectivity index (χ0) is 26.2. The summed E-state index contributed by atoms with van der Waals surface area (Å²) in [5.74, 6) is 0.174. The fourth-order valence-corrected chi connectivity index (χ4v) is 3.93. The lowest BCUT2D eigenvalue weighted by molar-refractivity contribution is -0.274. The highest BCUT2D eigenvalue weighted by Gasteiger charge is 2.40. The number of halogens is 4. The lowest BCUT2D eigenvalue weighted by atomic mass is 10.1. The molecule has 1 saturated carbocycles. The summed E-state index contributed by atoms with van der Waals surface area (Å²) in [6.07, 6.45) is -3.11. The number of hydrogen-bond donors (Lipinski definition) is 1. The number of nitrogens with one attached hydrogen (secondary N) is 1. The largest absolute Gasteiger partial charge is 0.573 e. The molecule has 3 aromatic carbocycles. The summed E-state index contributed by atoms with van der Waals surface area (Å²) >= 11 is 0. The molecule has 0 bridgehead atoms. The van der Waals surface area contributed by atoms with Gasteiger partial charge in [-0.05, 0) is 66.9 Å². The van der Waals surface area contributed by atoms with Gasteiger partial charge in [0.15, 0.2) is 5.82 Å². The van der Waals surface area contributed by atoms with Crippen LogP contribution in [0.3, 0.4) is 0 Å². The molecule has 7 nitrogen and oxygen atoms in total. The van der Waals surface area contributed by atoms with Crippen LogP contribution in [0.1, 0.15) is 23.5 Å². The third-order valence-corrected chi connectivity index (χ3v) is 5.86. The van der Waals surface area contributed by atoms with E-state index in [2.05, 4.69) is 20.1 Å². The van der Waals surface area contributed by atoms with E-state index in [0.29, 0.717) is 22.8 Å². The van der Waals surface area contributed by atoms with Crippen LogP contribution < -0.4 is 14.8 Å². The smallest absolute Gasteiger partial charge is 0.410 e. The maximum atomic E-state index is 13.2. The molecule has 1 aliphatic rings. The topological polar surface area (TPSA) is 78.3 Å². The molecule has 5 rings (SSSR count). The van der Waals surface area contributed by atoms with E-state index in [1.54, 1.807) is 6.92 Å². The number of alkyl halides is 3. The molecule has 0 saturated heterocycles. The number of carbonyl (C=O) groups excluding carboxylic acids is 1. The summed E-state index contributed by atoms with van der Waals surface area (Å²) in [5.41, 5.74) is 2.85. The summed E-state index contributed by atoms with van der Waals surface area (Å²) in [6, 6.07) is 16.8. The summed E-state index contributed by atoms with van der Waals surface area (Å²) < 4.78 is 60.8. The molecule has 190 valence electrons. The van der Waals surface area contributed by atoms with Crippen LogP contribution in [-0.2, 0) is 0 Å². The van der Waals surface area contributed by atoms with Crippen molar-refractivity contribution in [3.8, 4) is 28.6 Å². The van der Waals surface area contributed by atoms with E-state index < -0.39 is 18.3 Å². The Bertz CT molecular complexity index is 1420. The lowest BCUT2D eigenvalue weighted by Gasteiger charge is -2.09. The first kappa shape index (κ1) is 24.3. The molecule has 0 spiro atoms. The molecule has 4 aromatic rings. The number of hydrogen-bond acceptors (Lipinski definition) is 5. The van der Waals surface area contributed by atoms with E-state index in [1.165, 1.54) is 53.5 Å². The van der Waals surface area contributed by atoms with Crippen LogP contribution in [0.25, 0.3) is 17.1 Å². The number of aromatic nitrogens is 3. The van der Waals surface area contributed by atoms with Crippen LogP contribution in [0, 0.1) is 12.7 Å². The van der Waals surface area contributed by atoms with Crippen LogP contribution >= 0.6 is 0 Å². The van der Waals surface area contributed by atoms with Gasteiger partial charge in [-0.3, -0.25) is 0 Å². The van der Waals surface area contributed by atoms with Crippen LogP contribution in [0.5, 0.6) is 11.5 Å². The fraction of sp³-hybridized carbons (Fsp3) is 0.192. The molecule has 1 aromatic heterocycles. The molecule has 1 aliphatic carbocycles. The minimum atomic E-state index is -4.75. The van der Waals surface area contributed by atoms with Gasteiger partial charge in [0.05, 0.1) is 5.69 Å². The molecule has 37 heavy (non-hydrogen) atoms. The molecule has 1 heterocycles. The van der Waals surface area contributed by atoms with Crippen molar-refractivity contribution < 1.29 is 31.8 Å². The quantitative estimate of drug-likeness (QED) is 0.324. The van der Waals surface area contributed by atoms with Crippen molar-refractivity contribution in [3.05, 3.63) is 90.0 Å². The SMILES string of the molecule is Cc1cc(F)ccc1OC(=O)NC1CC1c1ccc(-c2ncn(-c3ccc(OC(F)(F)F)cc3)n2)cc1. The Labute approximate surface area is 208 Å². The Morgan fingerprint density at radius 3 is 2.46 bits per heavy atom. The van der Waals surface area contributed by atoms with Gasteiger partial charge in [0.1, 0.15) is 23.6 Å². The van der Waals surface area contributed by atoms with E-state index in [4.69, 9.17) is 4.74 Å². The van der Waals surface area contributed by atoms with Gasteiger partial charge in [-0.1, -0.05) is 24.3 Å². The van der Waals surface area contributed by atoms with Gasteiger partial charge < -0.3 is 14.8 Å². The van der Waals surface area contributed by atoms with Gasteiger partial charge in [0, 0.05) is 17.5 Å². The number of benzene rings is 3. The van der Waals surface area contributed by atoms with Crippen molar-refractivity contribution in [2.45, 2.75) is 31.7 Å². The number of rotatable bonds is 6. The first-order valence-electron chi connectivity index (χ1n) is 11.3. The minimum absolute atomic E-state index is 0.0688. The van der Waals surface area contributed by atoms with E-state index in [1.807, 2.05) is 24.3 Å². The minimum Gasteiger partial charge on any atom is -0.410 e. The Kier molecular flexibility index (Phi) is 6.28. The highest BCUT2D eigenvalue weighted by atomic mass is 19.4. The van der Waals surface area contributed by atoms with Crippen LogP contribution in [0.4, 0.5) is 22.4 Å². The van der Waals surface area contributed by atoms with E-state index in [9.17, 15) is 22.4 Å². The maximum Gasteiger partial charge on any atom is 0.573 e. The van der Waals surface area contributed by atoms with E-state index >= 15 is 0 Å². The van der Waals surface area contributed by atoms with Crippen molar-refractivity contribution in [3.63, 3.8) is 0 Å². The van der Waals surface area contributed by atoms with Gasteiger partial charge in [-0.25, -0.2) is 18.9 Å². The highest BCUT2D eigenvalue weighted by molar-refractivity contribution is 5.72. The third kappa shape index (κ3) is 5.88. The molecular weight excluding hydrogens is 492 g/mol. The van der Waals surface area contributed by atoms with Gasteiger partial charge in [0.25, 0.3) is 0 Å². The van der Waals surface area contributed by atoms with Crippen LogP contribution in [0.2, 0.25) is 0 Å². The molecule has 1 fully saturated rings. The zero-order valence-corrected chi connectivity index (χ0v) is 19.4. The predicted molar refractivity (Wildman–Crippen MR) is 125 cm³/mol. The predicted octanol–water partition coefficient (Wildman–Crippen LogP) is 5.92. The average Bonchev–Trinajstić information content (AvgIpc) is 3.42. The first-order valence-corrected chi connectivity index (χ1v) is 11.3. The molecule has 11 heteroatoms. The Morgan fingerprint density at radius 2 is 1.78 bits per heavy atom. The summed E-state index contributed by atoms with van der Waals surface area (Å²) in [4.78, 5) is 16.5. The first-order chi connectivity index (χ1) is 17.6. The molecular formula is C26H20F4N4O3. The monoisotopic (exact) mass is 512 g/mol. The standard InChI is InChI=1S/C26H20F4N4O3/c1-15-12-18(27)6-11-23(15)36-25(35)32-22-13-21(22)16-2-4-17(5-3-16)24-31-14-34(33-24)19-7-9-20(10-8-19)37-26(28,29)30/h2-12,14,21-22H,13H2,1H3,(H,32,35). The van der Waals surface area contributed by atoms with Gasteiger partial charge >= 0.3 is 12.5 Å². The molecule has 0 radical (unpaired) electrons. The molecule has 0 aliphatic heterocycles. The fourth-order valence-electron chi connectivity index (χ4n) is 3.93. The number of aryl methyl sites for hydroxylation is 1. The molecule has 2 unspecified atom stereocenters. The Hall–Kier alpha value is -4.41. The highest BCUT2D eigenvalue weighted by Crippen LogP contribution is 2.41. The van der Waals surface area contributed by atoms with Crippen molar-refractivity contribution >= 4 is 6.09 Å².